The predicted octanol–water partition coefficient (Wildman–Crippen LogP) is 2.55. The van der Waals surface area contributed by atoms with Gasteiger partial charge in [-0.15, -0.1) is 13.2 Å². The molecule has 0 radical (unpaired) electrons. The van der Waals surface area contributed by atoms with Crippen molar-refractivity contribution in [3.05, 3.63) is 24.8 Å². The molecule has 0 aromatic rings. The first-order valence-corrected chi connectivity index (χ1v) is 6.95. The fourth-order valence-corrected chi connectivity index (χ4v) is 2.09. The van der Waals surface area contributed by atoms with Crippen molar-refractivity contribution in [3.63, 3.8) is 0 Å². The zero-order chi connectivity index (χ0) is 15.9. The Bertz CT molecular complexity index is 380. The van der Waals surface area contributed by atoms with E-state index in [1.807, 2.05) is 27.7 Å². The lowest BCUT2D eigenvalue weighted by molar-refractivity contribution is -0.134. The van der Waals surface area contributed by atoms with Gasteiger partial charge in [-0.05, 0) is 47.0 Å². The van der Waals surface area contributed by atoms with Gasteiger partial charge in [0.1, 0.15) is 0 Å². The Morgan fingerprint density at radius 1 is 1.30 bits per heavy atom. The second-order valence-electron chi connectivity index (χ2n) is 6.38. The van der Waals surface area contributed by atoms with Crippen molar-refractivity contribution in [2.24, 2.45) is 17.6 Å². The van der Waals surface area contributed by atoms with Gasteiger partial charge in [-0.3, -0.25) is 9.59 Å². The molecule has 20 heavy (non-hydrogen) atoms. The topological polar surface area (TPSA) is 72.2 Å². The van der Waals surface area contributed by atoms with E-state index in [2.05, 4.69) is 18.5 Å². The zero-order valence-electron chi connectivity index (χ0n) is 13.2. The fourth-order valence-electron chi connectivity index (χ4n) is 2.09. The highest BCUT2D eigenvalue weighted by molar-refractivity contribution is 5.87. The molecule has 0 rings (SSSR count). The van der Waals surface area contributed by atoms with E-state index in [4.69, 9.17) is 5.73 Å². The van der Waals surface area contributed by atoms with E-state index in [1.54, 1.807) is 6.08 Å². The van der Waals surface area contributed by atoms with Gasteiger partial charge in [0.05, 0.1) is 5.92 Å². The largest absolute Gasteiger partial charge is 0.369 e. The molecule has 0 saturated carbocycles. The Balaban J connectivity index is 5.17. The number of nitrogens with two attached hydrogens (primary N) is 1. The summed E-state index contributed by atoms with van der Waals surface area (Å²) in [7, 11) is 0. The molecule has 2 amide bonds. The second kappa shape index (κ2) is 7.88. The maximum absolute atomic E-state index is 12.4. The molecule has 0 bridgehead atoms. The van der Waals surface area contributed by atoms with Crippen LogP contribution in [0.15, 0.2) is 24.8 Å². The van der Waals surface area contributed by atoms with E-state index in [-0.39, 0.29) is 11.4 Å². The highest BCUT2D eigenvalue weighted by atomic mass is 16.2. The van der Waals surface area contributed by atoms with E-state index in [1.165, 1.54) is 0 Å². The standard InChI is InChI=1S/C16H28N2O2/c1-7-8-9-12(14(17)19)13(10-11(2)3)15(20)18-16(4,5)6/h7,12-13H,1-2,8-10H2,3-6H3,(H2,17,19)(H,18,20)/t12-,13?/m0/s1. The van der Waals surface area contributed by atoms with Crippen LogP contribution in [0.3, 0.4) is 0 Å². The number of hydrogen-bond acceptors (Lipinski definition) is 2. The van der Waals surface area contributed by atoms with Gasteiger partial charge in [-0.2, -0.15) is 0 Å². The van der Waals surface area contributed by atoms with Crippen molar-refractivity contribution in [1.29, 1.82) is 0 Å². The summed E-state index contributed by atoms with van der Waals surface area (Å²) in [5.41, 5.74) is 6.00. The maximum atomic E-state index is 12.4. The molecule has 0 aliphatic rings. The number of allylic oxidation sites excluding steroid dienone is 2. The van der Waals surface area contributed by atoms with E-state index in [9.17, 15) is 9.59 Å². The fraction of sp³-hybridized carbons (Fsp3) is 0.625. The smallest absolute Gasteiger partial charge is 0.224 e. The maximum Gasteiger partial charge on any atom is 0.224 e. The Morgan fingerprint density at radius 3 is 2.20 bits per heavy atom. The molecular weight excluding hydrogens is 252 g/mol. The third kappa shape index (κ3) is 7.12. The van der Waals surface area contributed by atoms with Gasteiger partial charge >= 0.3 is 0 Å². The van der Waals surface area contributed by atoms with Gasteiger partial charge in [0.25, 0.3) is 0 Å². The summed E-state index contributed by atoms with van der Waals surface area (Å²) >= 11 is 0. The van der Waals surface area contributed by atoms with Crippen LogP contribution in [0.1, 0.15) is 47.0 Å². The van der Waals surface area contributed by atoms with Gasteiger partial charge < -0.3 is 11.1 Å². The van der Waals surface area contributed by atoms with Crippen molar-refractivity contribution < 1.29 is 9.59 Å². The molecule has 0 aliphatic carbocycles. The molecule has 0 aromatic carbocycles. The van der Waals surface area contributed by atoms with Crippen LogP contribution in [0.4, 0.5) is 0 Å². The number of hydrogen-bond donors (Lipinski definition) is 2. The van der Waals surface area contributed by atoms with Crippen LogP contribution in [-0.4, -0.2) is 17.4 Å². The number of amides is 2. The predicted molar refractivity (Wildman–Crippen MR) is 82.9 cm³/mol. The number of primary amides is 1. The first kappa shape index (κ1) is 18.4. The first-order valence-electron chi connectivity index (χ1n) is 6.95. The lowest BCUT2D eigenvalue weighted by atomic mass is 9.82. The van der Waals surface area contributed by atoms with Crippen LogP contribution in [-0.2, 0) is 9.59 Å². The minimum absolute atomic E-state index is 0.145. The summed E-state index contributed by atoms with van der Waals surface area (Å²) in [6.45, 7) is 15.1. The molecule has 0 spiro atoms. The monoisotopic (exact) mass is 280 g/mol. The van der Waals surface area contributed by atoms with Crippen LogP contribution in [0, 0.1) is 11.8 Å². The van der Waals surface area contributed by atoms with E-state index in [0.29, 0.717) is 19.3 Å². The summed E-state index contributed by atoms with van der Waals surface area (Å²) in [5.74, 6) is -1.55. The number of rotatable bonds is 8. The van der Waals surface area contributed by atoms with Crippen LogP contribution in [0.5, 0.6) is 0 Å². The van der Waals surface area contributed by atoms with Crippen molar-refractivity contribution in [1.82, 2.24) is 5.32 Å². The highest BCUT2D eigenvalue weighted by Gasteiger charge is 2.33. The van der Waals surface area contributed by atoms with Gasteiger partial charge in [-0.25, -0.2) is 0 Å². The first-order chi connectivity index (χ1) is 9.08. The molecule has 0 heterocycles. The molecule has 2 atom stereocenters. The van der Waals surface area contributed by atoms with Gasteiger partial charge in [0.15, 0.2) is 0 Å². The normalized spacial score (nSPS) is 14.2. The van der Waals surface area contributed by atoms with E-state index in [0.717, 1.165) is 5.57 Å². The average molecular weight is 280 g/mol. The van der Waals surface area contributed by atoms with Crippen LogP contribution in [0.25, 0.3) is 0 Å². The molecule has 1 unspecified atom stereocenters. The van der Waals surface area contributed by atoms with Crippen LogP contribution in [0.2, 0.25) is 0 Å². The zero-order valence-corrected chi connectivity index (χ0v) is 13.2. The van der Waals surface area contributed by atoms with E-state index >= 15 is 0 Å². The number of carbonyl (C=O) groups excluding carboxylic acids is 2. The molecule has 0 aromatic heterocycles. The highest BCUT2D eigenvalue weighted by Crippen LogP contribution is 2.25. The molecule has 0 fully saturated rings. The summed E-state index contributed by atoms with van der Waals surface area (Å²) in [6, 6.07) is 0. The molecular formula is C16H28N2O2. The van der Waals surface area contributed by atoms with Crippen molar-refractivity contribution >= 4 is 11.8 Å². The summed E-state index contributed by atoms with van der Waals surface area (Å²) in [6.07, 6.45) is 3.39. The third-order valence-electron chi connectivity index (χ3n) is 2.94. The molecule has 0 saturated heterocycles. The lowest BCUT2D eigenvalue weighted by Crippen LogP contribution is -2.47. The molecule has 0 aliphatic heterocycles. The van der Waals surface area contributed by atoms with Crippen LogP contribution < -0.4 is 11.1 Å². The Labute approximate surface area is 122 Å². The van der Waals surface area contributed by atoms with Crippen molar-refractivity contribution in [2.75, 3.05) is 0 Å². The van der Waals surface area contributed by atoms with Gasteiger partial charge in [0.2, 0.25) is 11.8 Å². The van der Waals surface area contributed by atoms with Gasteiger partial charge in [0, 0.05) is 11.5 Å². The minimum atomic E-state index is -0.493. The quantitative estimate of drug-likeness (QED) is 0.671. The van der Waals surface area contributed by atoms with Crippen LogP contribution >= 0.6 is 0 Å². The lowest BCUT2D eigenvalue weighted by Gasteiger charge is -2.28. The molecule has 4 heteroatoms. The molecule has 4 nitrogen and oxygen atoms in total. The Kier molecular flexibility index (Phi) is 7.25. The Hall–Kier alpha value is -1.58. The summed E-state index contributed by atoms with van der Waals surface area (Å²) < 4.78 is 0. The second-order valence-corrected chi connectivity index (χ2v) is 6.38. The molecule has 3 N–H and O–H groups in total. The van der Waals surface area contributed by atoms with Gasteiger partial charge in [-0.1, -0.05) is 11.6 Å². The Morgan fingerprint density at radius 2 is 1.85 bits per heavy atom. The van der Waals surface area contributed by atoms with Crippen molar-refractivity contribution in [3.8, 4) is 0 Å². The number of carbonyl (C=O) groups is 2. The van der Waals surface area contributed by atoms with Crippen molar-refractivity contribution in [2.45, 2.75) is 52.5 Å². The summed E-state index contributed by atoms with van der Waals surface area (Å²) in [5, 5.41) is 2.92. The van der Waals surface area contributed by atoms with E-state index < -0.39 is 17.7 Å². The minimum Gasteiger partial charge on any atom is -0.369 e. The SMILES string of the molecule is C=CCC[C@H](C(N)=O)C(CC(=C)C)C(=O)NC(C)(C)C. The third-order valence-corrected chi connectivity index (χ3v) is 2.94. The molecule has 114 valence electrons. The average Bonchev–Trinajstić information content (AvgIpc) is 2.24. The number of nitrogens with one attached hydrogen (secondary N) is 1. The summed E-state index contributed by atoms with van der Waals surface area (Å²) in [4.78, 5) is 24.1.